The summed E-state index contributed by atoms with van der Waals surface area (Å²) < 4.78 is 0. The first-order valence-corrected chi connectivity index (χ1v) is 6.62. The number of anilines is 3. The smallest absolute Gasteiger partial charge is 0.249 e. The van der Waals surface area contributed by atoms with Crippen LogP contribution in [-0.4, -0.2) is 73.0 Å². The van der Waals surface area contributed by atoms with Crippen LogP contribution >= 0.6 is 0 Å². The second kappa shape index (κ2) is 5.51. The number of nitrogens with zero attached hydrogens (tertiary/aromatic N) is 7. The summed E-state index contributed by atoms with van der Waals surface area (Å²) in [6.45, 7) is 2.37. The van der Waals surface area contributed by atoms with E-state index in [1.165, 1.54) is 9.80 Å². The summed E-state index contributed by atoms with van der Waals surface area (Å²) in [6.07, 6.45) is 0. The summed E-state index contributed by atoms with van der Waals surface area (Å²) in [4.78, 5) is 31.3. The van der Waals surface area contributed by atoms with E-state index in [9.17, 15) is 4.79 Å². The minimum Gasteiger partial charge on any atom is -0.347 e. The summed E-state index contributed by atoms with van der Waals surface area (Å²) in [5, 5.41) is 8.09. The molecule has 9 heteroatoms. The van der Waals surface area contributed by atoms with Crippen LogP contribution in [0.3, 0.4) is 0 Å². The molecule has 0 unspecified atom stereocenters. The molecule has 2 heterocycles. The van der Waals surface area contributed by atoms with Gasteiger partial charge in [0.2, 0.25) is 29.7 Å². The Morgan fingerprint density at radius 1 is 1.10 bits per heavy atom. The highest BCUT2D eigenvalue weighted by molar-refractivity contribution is 6.12. The average molecular weight is 292 g/mol. The molecule has 1 aromatic rings. The van der Waals surface area contributed by atoms with Gasteiger partial charge in [-0.1, -0.05) is 0 Å². The van der Waals surface area contributed by atoms with Gasteiger partial charge in [-0.15, -0.1) is 0 Å². The number of rotatable bonds is 4. The monoisotopic (exact) mass is 292 g/mol. The van der Waals surface area contributed by atoms with E-state index in [-0.39, 0.29) is 18.4 Å². The van der Waals surface area contributed by atoms with E-state index >= 15 is 0 Å². The number of amides is 1. The summed E-state index contributed by atoms with van der Waals surface area (Å²) in [6, 6.07) is 0. The van der Waals surface area contributed by atoms with Crippen LogP contribution in [0.5, 0.6) is 0 Å². The average Bonchev–Trinajstić information content (AvgIpc) is 2.72. The summed E-state index contributed by atoms with van der Waals surface area (Å²) in [5.74, 6) is 1.26. The molecule has 1 aromatic heterocycles. The molecule has 9 nitrogen and oxygen atoms in total. The van der Waals surface area contributed by atoms with Gasteiger partial charge in [0, 0.05) is 34.7 Å². The fourth-order valence-corrected chi connectivity index (χ4v) is 1.91. The largest absolute Gasteiger partial charge is 0.347 e. The van der Waals surface area contributed by atoms with Gasteiger partial charge < -0.3 is 9.80 Å². The normalized spacial score (nSPS) is 14.9. The fraction of sp³-hybridized carbons (Fsp3) is 0.583. The quantitative estimate of drug-likeness (QED) is 0.807. The first kappa shape index (κ1) is 14.9. The van der Waals surface area contributed by atoms with E-state index in [0.717, 1.165) is 0 Å². The van der Waals surface area contributed by atoms with Gasteiger partial charge in [0.25, 0.3) is 0 Å². The molecular formula is C12H20N8O. The molecular weight excluding hydrogens is 272 g/mol. The maximum absolute atomic E-state index is 11.9. The first-order chi connectivity index (χ1) is 9.85. The highest BCUT2D eigenvalue weighted by Crippen LogP contribution is 2.20. The molecule has 1 aliphatic rings. The molecule has 1 saturated heterocycles. The zero-order chi connectivity index (χ0) is 15.7. The van der Waals surface area contributed by atoms with Gasteiger partial charge in [0.15, 0.2) is 0 Å². The van der Waals surface area contributed by atoms with E-state index in [2.05, 4.69) is 15.0 Å². The van der Waals surface area contributed by atoms with E-state index in [1.54, 1.807) is 9.80 Å². The van der Waals surface area contributed by atoms with E-state index in [4.69, 9.17) is 5.41 Å². The molecule has 1 aliphatic heterocycles. The maximum Gasteiger partial charge on any atom is 0.249 e. The van der Waals surface area contributed by atoms with Crippen molar-refractivity contribution in [1.29, 1.82) is 5.41 Å². The lowest BCUT2D eigenvalue weighted by Crippen LogP contribution is -2.35. The second-order valence-electron chi connectivity index (χ2n) is 5.07. The molecule has 0 atom stereocenters. The predicted molar refractivity (Wildman–Crippen MR) is 80.9 cm³/mol. The maximum atomic E-state index is 11.9. The fourth-order valence-electron chi connectivity index (χ4n) is 1.91. The number of likely N-dealkylation sites (N-methyl/N-ethyl adjacent to an activating group) is 1. The lowest BCUT2D eigenvalue weighted by atomic mass is 10.5. The number of hydrogen-bond acceptors (Lipinski definition) is 7. The SMILES string of the molecule is CCN1C(=N)N(c2nc(N(C)C)nc(N(C)C)n2)CC1=O. The number of hydrogen-bond donors (Lipinski definition) is 1. The minimum atomic E-state index is -0.124. The van der Waals surface area contributed by atoms with Crippen molar-refractivity contribution in [3.05, 3.63) is 0 Å². The van der Waals surface area contributed by atoms with Gasteiger partial charge >= 0.3 is 0 Å². The van der Waals surface area contributed by atoms with Gasteiger partial charge in [-0.05, 0) is 6.92 Å². The van der Waals surface area contributed by atoms with Crippen molar-refractivity contribution in [2.75, 3.05) is 56.0 Å². The zero-order valence-electron chi connectivity index (χ0n) is 13.0. The van der Waals surface area contributed by atoms with Gasteiger partial charge in [0.1, 0.15) is 6.54 Å². The predicted octanol–water partition coefficient (Wildman–Crippen LogP) is -0.393. The van der Waals surface area contributed by atoms with Crippen LogP contribution in [0.1, 0.15) is 6.92 Å². The summed E-state index contributed by atoms with van der Waals surface area (Å²) in [5.41, 5.74) is 0. The Hall–Kier alpha value is -2.45. The number of aromatic nitrogens is 3. The lowest BCUT2D eigenvalue weighted by molar-refractivity contribution is -0.124. The Bertz CT molecular complexity index is 544. The second-order valence-corrected chi connectivity index (χ2v) is 5.07. The Balaban J connectivity index is 2.44. The van der Waals surface area contributed by atoms with Crippen LogP contribution in [0.25, 0.3) is 0 Å². The Morgan fingerprint density at radius 2 is 1.62 bits per heavy atom. The highest BCUT2D eigenvalue weighted by atomic mass is 16.2. The Kier molecular flexibility index (Phi) is 3.92. The van der Waals surface area contributed by atoms with Crippen LogP contribution in [0, 0.1) is 5.41 Å². The molecule has 21 heavy (non-hydrogen) atoms. The van der Waals surface area contributed by atoms with E-state index in [1.807, 2.05) is 35.1 Å². The van der Waals surface area contributed by atoms with Crippen molar-refractivity contribution in [2.24, 2.45) is 0 Å². The number of guanidine groups is 1. The molecule has 114 valence electrons. The minimum absolute atomic E-state index is 0.0798. The van der Waals surface area contributed by atoms with Crippen molar-refractivity contribution in [2.45, 2.75) is 6.92 Å². The Morgan fingerprint density at radius 3 is 2.00 bits per heavy atom. The van der Waals surface area contributed by atoms with Crippen molar-refractivity contribution < 1.29 is 4.79 Å². The molecule has 0 bridgehead atoms. The molecule has 1 N–H and O–H groups in total. The van der Waals surface area contributed by atoms with Crippen molar-refractivity contribution in [3.8, 4) is 0 Å². The van der Waals surface area contributed by atoms with Gasteiger partial charge in [-0.3, -0.25) is 20.0 Å². The molecule has 1 amide bonds. The Labute approximate surface area is 123 Å². The van der Waals surface area contributed by atoms with Crippen molar-refractivity contribution in [1.82, 2.24) is 19.9 Å². The van der Waals surface area contributed by atoms with Crippen LogP contribution in [0.4, 0.5) is 17.8 Å². The molecule has 0 aromatic carbocycles. The zero-order valence-corrected chi connectivity index (χ0v) is 13.0. The van der Waals surface area contributed by atoms with Gasteiger partial charge in [0.05, 0.1) is 0 Å². The van der Waals surface area contributed by atoms with Crippen molar-refractivity contribution in [3.63, 3.8) is 0 Å². The summed E-state index contributed by atoms with van der Waals surface area (Å²) in [7, 11) is 7.32. The number of carbonyl (C=O) groups excluding carboxylic acids is 1. The van der Waals surface area contributed by atoms with E-state index < -0.39 is 0 Å². The number of carbonyl (C=O) groups is 1. The van der Waals surface area contributed by atoms with Crippen LogP contribution in [-0.2, 0) is 4.79 Å². The highest BCUT2D eigenvalue weighted by Gasteiger charge is 2.34. The summed E-state index contributed by atoms with van der Waals surface area (Å²) >= 11 is 0. The third-order valence-electron chi connectivity index (χ3n) is 3.06. The van der Waals surface area contributed by atoms with Crippen LogP contribution in [0.2, 0.25) is 0 Å². The standard InChI is InChI=1S/C12H20N8O/c1-6-19-8(21)7-20(9(19)13)12-15-10(17(2)3)14-11(16-12)18(4)5/h13H,6-7H2,1-5H3. The van der Waals surface area contributed by atoms with Crippen molar-refractivity contribution >= 4 is 29.7 Å². The molecule has 1 fully saturated rings. The number of nitrogens with one attached hydrogen (secondary N) is 1. The molecule has 0 aliphatic carbocycles. The third-order valence-corrected chi connectivity index (χ3v) is 3.06. The molecule has 0 radical (unpaired) electrons. The molecule has 0 saturated carbocycles. The topological polar surface area (TPSA) is 92.6 Å². The third kappa shape index (κ3) is 2.71. The van der Waals surface area contributed by atoms with Crippen LogP contribution in [0.15, 0.2) is 0 Å². The van der Waals surface area contributed by atoms with Gasteiger partial charge in [-0.2, -0.15) is 15.0 Å². The van der Waals surface area contributed by atoms with Gasteiger partial charge in [-0.25, -0.2) is 0 Å². The first-order valence-electron chi connectivity index (χ1n) is 6.62. The lowest BCUT2D eigenvalue weighted by Gasteiger charge is -2.21. The molecule has 2 rings (SSSR count). The van der Waals surface area contributed by atoms with Crippen LogP contribution < -0.4 is 14.7 Å². The van der Waals surface area contributed by atoms with E-state index in [0.29, 0.717) is 24.4 Å². The molecule has 0 spiro atoms.